The summed E-state index contributed by atoms with van der Waals surface area (Å²) >= 11 is 0. The van der Waals surface area contributed by atoms with E-state index >= 15 is 0 Å². The number of benzene rings is 4. The van der Waals surface area contributed by atoms with Crippen molar-refractivity contribution in [2.24, 2.45) is 8.80 Å². The molecule has 0 spiro atoms. The van der Waals surface area contributed by atoms with Gasteiger partial charge in [0.05, 0.1) is 0 Å². The van der Waals surface area contributed by atoms with Crippen LogP contribution in [-0.4, -0.2) is 19.8 Å². The molecule has 5 rings (SSSR count). The first kappa shape index (κ1) is 15.9. The lowest BCUT2D eigenvalue weighted by Crippen LogP contribution is -2.15. The Bertz CT molecular complexity index is 1270. The van der Waals surface area contributed by atoms with E-state index in [-0.39, 0.29) is 0 Å². The first-order valence-corrected chi connectivity index (χ1v) is 9.94. The standard InChI is InChI=1S/C22H14N2O2S/c25-27(26)23-21(19-13-5-9-15-7-1-3-11-17(15)19)22(24-27)20-14-6-10-16-8-2-4-12-18(16)20/h1-14H. The monoisotopic (exact) mass is 370 g/mol. The van der Waals surface area contributed by atoms with Crippen LogP contribution in [0.3, 0.4) is 0 Å². The summed E-state index contributed by atoms with van der Waals surface area (Å²) in [4.78, 5) is 0. The summed E-state index contributed by atoms with van der Waals surface area (Å²) < 4.78 is 32.6. The summed E-state index contributed by atoms with van der Waals surface area (Å²) in [6.45, 7) is 0. The molecule has 0 saturated heterocycles. The molecule has 0 amide bonds. The molecule has 0 atom stereocenters. The zero-order valence-corrected chi connectivity index (χ0v) is 15.0. The smallest absolute Gasteiger partial charge is 0.179 e. The zero-order valence-electron chi connectivity index (χ0n) is 14.2. The third-order valence-corrected chi connectivity index (χ3v) is 5.55. The number of nitrogens with zero attached hydrogens (tertiary/aromatic N) is 2. The van der Waals surface area contributed by atoms with Gasteiger partial charge < -0.3 is 0 Å². The zero-order chi connectivity index (χ0) is 18.4. The van der Waals surface area contributed by atoms with Crippen molar-refractivity contribution >= 4 is 43.2 Å². The second-order valence-corrected chi connectivity index (χ2v) is 7.64. The van der Waals surface area contributed by atoms with Crippen LogP contribution in [-0.2, 0) is 10.2 Å². The maximum Gasteiger partial charge on any atom is 0.364 e. The van der Waals surface area contributed by atoms with E-state index in [9.17, 15) is 8.42 Å². The van der Waals surface area contributed by atoms with Gasteiger partial charge in [-0.1, -0.05) is 84.9 Å². The Morgan fingerprint density at radius 2 is 0.926 bits per heavy atom. The van der Waals surface area contributed by atoms with E-state index in [1.54, 1.807) is 0 Å². The highest BCUT2D eigenvalue weighted by molar-refractivity contribution is 7.89. The number of rotatable bonds is 2. The van der Waals surface area contributed by atoms with Gasteiger partial charge in [-0.25, -0.2) is 0 Å². The quantitative estimate of drug-likeness (QED) is 0.520. The summed E-state index contributed by atoms with van der Waals surface area (Å²) in [5.74, 6) is 0. The Morgan fingerprint density at radius 1 is 0.519 bits per heavy atom. The normalized spacial score (nSPS) is 15.7. The number of hydrogen-bond acceptors (Lipinski definition) is 2. The number of fused-ring (bicyclic) bond motifs is 2. The van der Waals surface area contributed by atoms with Gasteiger partial charge in [-0.15, -0.1) is 8.80 Å². The fraction of sp³-hybridized carbons (Fsp3) is 0. The highest BCUT2D eigenvalue weighted by Crippen LogP contribution is 2.28. The van der Waals surface area contributed by atoms with Gasteiger partial charge in [-0.3, -0.25) is 0 Å². The van der Waals surface area contributed by atoms with Gasteiger partial charge in [0.2, 0.25) is 0 Å². The molecule has 1 aliphatic rings. The molecule has 4 nitrogen and oxygen atoms in total. The summed E-state index contributed by atoms with van der Waals surface area (Å²) in [7, 11) is -3.90. The molecule has 1 heterocycles. The fourth-order valence-corrected chi connectivity index (χ4v) is 4.43. The third-order valence-electron chi connectivity index (χ3n) is 4.73. The van der Waals surface area contributed by atoms with Crippen molar-refractivity contribution in [3.8, 4) is 0 Å². The van der Waals surface area contributed by atoms with Crippen molar-refractivity contribution < 1.29 is 8.42 Å². The molecule has 0 aromatic heterocycles. The molecule has 0 N–H and O–H groups in total. The molecule has 130 valence electrons. The lowest BCUT2D eigenvalue weighted by molar-refractivity contribution is 0.601. The summed E-state index contributed by atoms with van der Waals surface area (Å²) in [5.41, 5.74) is 2.31. The summed E-state index contributed by atoms with van der Waals surface area (Å²) in [5, 5.41) is 3.95. The molecule has 0 fully saturated rings. The average Bonchev–Trinajstić information content (AvgIpc) is 3.02. The molecular weight excluding hydrogens is 356 g/mol. The second kappa shape index (κ2) is 5.86. The van der Waals surface area contributed by atoms with Gasteiger partial charge in [0.15, 0.2) is 0 Å². The van der Waals surface area contributed by atoms with Crippen LogP contribution in [0.4, 0.5) is 0 Å². The van der Waals surface area contributed by atoms with E-state index in [4.69, 9.17) is 0 Å². The van der Waals surface area contributed by atoms with Crippen LogP contribution in [0.1, 0.15) is 11.1 Å². The second-order valence-electron chi connectivity index (χ2n) is 6.38. The van der Waals surface area contributed by atoms with Crippen LogP contribution in [0.2, 0.25) is 0 Å². The van der Waals surface area contributed by atoms with Gasteiger partial charge in [0.1, 0.15) is 11.4 Å². The highest BCUT2D eigenvalue weighted by Gasteiger charge is 2.28. The van der Waals surface area contributed by atoms with Gasteiger partial charge in [-0.05, 0) is 21.5 Å². The molecule has 0 radical (unpaired) electrons. The topological polar surface area (TPSA) is 58.9 Å². The van der Waals surface area contributed by atoms with E-state index < -0.39 is 10.2 Å². The Hall–Kier alpha value is -3.31. The first-order chi connectivity index (χ1) is 13.1. The van der Waals surface area contributed by atoms with E-state index in [2.05, 4.69) is 8.80 Å². The number of hydrogen-bond donors (Lipinski definition) is 0. The highest BCUT2D eigenvalue weighted by atomic mass is 32.2. The van der Waals surface area contributed by atoms with Gasteiger partial charge >= 0.3 is 10.2 Å². The maximum atomic E-state index is 12.3. The Kier molecular flexibility index (Phi) is 3.45. The molecule has 1 aliphatic heterocycles. The minimum atomic E-state index is -3.90. The van der Waals surface area contributed by atoms with Crippen LogP contribution in [0.15, 0.2) is 93.7 Å². The predicted molar refractivity (Wildman–Crippen MR) is 110 cm³/mol. The fourth-order valence-electron chi connectivity index (χ4n) is 3.55. The van der Waals surface area contributed by atoms with E-state index in [1.165, 1.54) is 0 Å². The minimum absolute atomic E-state index is 0.392. The molecule has 4 aromatic carbocycles. The minimum Gasteiger partial charge on any atom is -0.179 e. The summed E-state index contributed by atoms with van der Waals surface area (Å²) in [6.07, 6.45) is 0. The molecule has 4 aromatic rings. The average molecular weight is 370 g/mol. The van der Waals surface area contributed by atoms with Crippen molar-refractivity contribution in [2.45, 2.75) is 0 Å². The Labute approximate surface area is 156 Å². The molecule has 0 aliphatic carbocycles. The van der Waals surface area contributed by atoms with E-state index in [0.29, 0.717) is 11.4 Å². The van der Waals surface area contributed by atoms with Gasteiger partial charge in [-0.2, -0.15) is 8.42 Å². The van der Waals surface area contributed by atoms with Crippen LogP contribution < -0.4 is 0 Å². The van der Waals surface area contributed by atoms with Gasteiger partial charge in [0, 0.05) is 11.1 Å². The molecule has 27 heavy (non-hydrogen) atoms. The van der Waals surface area contributed by atoms with Crippen molar-refractivity contribution in [1.29, 1.82) is 0 Å². The molecular formula is C22H14N2O2S. The van der Waals surface area contributed by atoms with Crippen LogP contribution in [0.25, 0.3) is 21.5 Å². The summed E-state index contributed by atoms with van der Waals surface area (Å²) in [6, 6.07) is 27.3. The lowest BCUT2D eigenvalue weighted by atomic mass is 9.93. The van der Waals surface area contributed by atoms with Crippen molar-refractivity contribution in [1.82, 2.24) is 0 Å². The maximum absolute atomic E-state index is 12.3. The molecule has 5 heteroatoms. The van der Waals surface area contributed by atoms with Crippen LogP contribution in [0.5, 0.6) is 0 Å². The van der Waals surface area contributed by atoms with Crippen molar-refractivity contribution in [3.63, 3.8) is 0 Å². The molecule has 0 saturated carbocycles. The largest absolute Gasteiger partial charge is 0.364 e. The SMILES string of the molecule is O=S1(=O)N=C(c2cccc3ccccc23)C(c2cccc3ccccc23)=N1. The first-order valence-electron chi connectivity index (χ1n) is 8.54. The van der Waals surface area contributed by atoms with Crippen LogP contribution >= 0.6 is 0 Å². The van der Waals surface area contributed by atoms with Crippen molar-refractivity contribution in [3.05, 3.63) is 96.1 Å². The van der Waals surface area contributed by atoms with Gasteiger partial charge in [0.25, 0.3) is 0 Å². The van der Waals surface area contributed by atoms with E-state index in [0.717, 1.165) is 32.7 Å². The molecule has 0 bridgehead atoms. The van der Waals surface area contributed by atoms with E-state index in [1.807, 2.05) is 84.9 Å². The molecule has 0 unspecified atom stereocenters. The predicted octanol–water partition coefficient (Wildman–Crippen LogP) is 4.53. The third kappa shape index (κ3) is 2.64. The van der Waals surface area contributed by atoms with Crippen LogP contribution in [0, 0.1) is 0 Å². The van der Waals surface area contributed by atoms with Crippen molar-refractivity contribution in [2.75, 3.05) is 0 Å². The lowest BCUT2D eigenvalue weighted by Gasteiger charge is -2.10. The Balaban J connectivity index is 1.81. The Morgan fingerprint density at radius 3 is 1.41 bits per heavy atom.